The van der Waals surface area contributed by atoms with E-state index < -0.39 is 0 Å². The first-order chi connectivity index (χ1) is 13.0. The Labute approximate surface area is 162 Å². The molecule has 0 radical (unpaired) electrons. The molecule has 0 bridgehead atoms. The summed E-state index contributed by atoms with van der Waals surface area (Å²) in [4.78, 5) is 6.69. The molecule has 1 atom stereocenters. The minimum Gasteiger partial charge on any atom is -0.493 e. The van der Waals surface area contributed by atoms with Gasteiger partial charge in [-0.3, -0.25) is 4.90 Å². The third-order valence-corrected chi connectivity index (χ3v) is 4.49. The summed E-state index contributed by atoms with van der Waals surface area (Å²) in [7, 11) is 5.35. The van der Waals surface area contributed by atoms with Crippen LogP contribution in [0.3, 0.4) is 0 Å². The van der Waals surface area contributed by atoms with Crippen LogP contribution in [0.4, 0.5) is 0 Å². The van der Waals surface area contributed by atoms with Crippen molar-refractivity contribution in [3.8, 4) is 11.5 Å². The maximum absolute atomic E-state index is 6.01. The Hall–Kier alpha value is -2.73. The molecule has 6 nitrogen and oxygen atoms in total. The molecule has 0 amide bonds. The SMILES string of the molecule is COc1ccc(CN=C(N)NCC(C)N(C)Cc2ccccc2)cc1OC. The molecular formula is C21H30N4O2. The van der Waals surface area contributed by atoms with E-state index in [4.69, 9.17) is 15.2 Å². The van der Waals surface area contributed by atoms with E-state index in [0.717, 1.165) is 18.7 Å². The third kappa shape index (κ3) is 6.49. The number of hydrogen-bond donors (Lipinski definition) is 2. The smallest absolute Gasteiger partial charge is 0.188 e. The molecule has 2 rings (SSSR count). The van der Waals surface area contributed by atoms with Gasteiger partial charge in [0, 0.05) is 19.1 Å². The van der Waals surface area contributed by atoms with E-state index in [1.54, 1.807) is 14.2 Å². The first-order valence-electron chi connectivity index (χ1n) is 9.02. The third-order valence-electron chi connectivity index (χ3n) is 4.49. The Kier molecular flexibility index (Phi) is 7.95. The summed E-state index contributed by atoms with van der Waals surface area (Å²) in [5, 5.41) is 3.20. The minimum absolute atomic E-state index is 0.319. The first kappa shape index (κ1) is 20.6. The number of methoxy groups -OCH3 is 2. The molecule has 3 N–H and O–H groups in total. The number of aliphatic imine (C=N–C) groups is 1. The predicted octanol–water partition coefficient (Wildman–Crippen LogP) is 2.63. The zero-order chi connectivity index (χ0) is 19.6. The Balaban J connectivity index is 1.83. The second-order valence-electron chi connectivity index (χ2n) is 6.52. The Morgan fingerprint density at radius 2 is 1.78 bits per heavy atom. The fraction of sp³-hybridized carbons (Fsp3) is 0.381. The van der Waals surface area contributed by atoms with Crippen LogP contribution in [0.1, 0.15) is 18.1 Å². The molecule has 0 aliphatic heterocycles. The lowest BCUT2D eigenvalue weighted by molar-refractivity contribution is 0.249. The summed E-state index contributed by atoms with van der Waals surface area (Å²) in [6.45, 7) is 4.27. The fourth-order valence-electron chi connectivity index (χ4n) is 2.65. The highest BCUT2D eigenvalue weighted by atomic mass is 16.5. The zero-order valence-electron chi connectivity index (χ0n) is 16.6. The van der Waals surface area contributed by atoms with Gasteiger partial charge in [0.2, 0.25) is 0 Å². The standard InChI is InChI=1S/C21H30N4O2/c1-16(25(2)15-17-8-6-5-7-9-17)13-23-21(22)24-14-18-10-11-19(26-3)20(12-18)27-4/h5-12,16H,13-15H2,1-4H3,(H3,22,23,24). The van der Waals surface area contributed by atoms with Gasteiger partial charge in [-0.15, -0.1) is 0 Å². The van der Waals surface area contributed by atoms with Crippen molar-refractivity contribution in [2.24, 2.45) is 10.7 Å². The minimum atomic E-state index is 0.319. The van der Waals surface area contributed by atoms with E-state index in [1.165, 1.54) is 5.56 Å². The molecule has 0 aliphatic carbocycles. The lowest BCUT2D eigenvalue weighted by Gasteiger charge is -2.25. The molecule has 2 aromatic rings. The van der Waals surface area contributed by atoms with Gasteiger partial charge >= 0.3 is 0 Å². The Morgan fingerprint density at radius 3 is 2.44 bits per heavy atom. The van der Waals surface area contributed by atoms with Gasteiger partial charge in [-0.05, 0) is 37.2 Å². The highest BCUT2D eigenvalue weighted by molar-refractivity contribution is 5.77. The lowest BCUT2D eigenvalue weighted by Crippen LogP contribution is -2.42. The van der Waals surface area contributed by atoms with E-state index in [-0.39, 0.29) is 0 Å². The monoisotopic (exact) mass is 370 g/mol. The molecule has 0 aliphatic rings. The van der Waals surface area contributed by atoms with Crippen LogP contribution in [0, 0.1) is 0 Å². The average molecular weight is 370 g/mol. The van der Waals surface area contributed by atoms with Gasteiger partial charge < -0.3 is 20.5 Å². The average Bonchev–Trinajstić information content (AvgIpc) is 2.70. The Morgan fingerprint density at radius 1 is 1.07 bits per heavy atom. The van der Waals surface area contributed by atoms with E-state index in [0.29, 0.717) is 30.0 Å². The molecule has 0 fully saturated rings. The number of nitrogens with one attached hydrogen (secondary N) is 1. The summed E-state index contributed by atoms with van der Waals surface area (Å²) >= 11 is 0. The van der Waals surface area contributed by atoms with Gasteiger partial charge in [0.05, 0.1) is 20.8 Å². The summed E-state index contributed by atoms with van der Waals surface area (Å²) in [6, 6.07) is 16.5. The molecule has 6 heteroatoms. The lowest BCUT2D eigenvalue weighted by atomic mass is 10.2. The number of guanidine groups is 1. The maximum atomic E-state index is 6.01. The molecule has 0 saturated heterocycles. The predicted molar refractivity (Wildman–Crippen MR) is 110 cm³/mol. The van der Waals surface area contributed by atoms with Crippen molar-refractivity contribution >= 4 is 5.96 Å². The van der Waals surface area contributed by atoms with Gasteiger partial charge in [0.1, 0.15) is 0 Å². The molecule has 1 unspecified atom stereocenters. The topological polar surface area (TPSA) is 72.1 Å². The highest BCUT2D eigenvalue weighted by Gasteiger charge is 2.10. The normalized spacial score (nSPS) is 12.7. The number of nitrogens with two attached hydrogens (primary N) is 1. The quantitative estimate of drug-likeness (QED) is 0.524. The largest absolute Gasteiger partial charge is 0.493 e. The van der Waals surface area contributed by atoms with Crippen molar-refractivity contribution in [3.05, 3.63) is 59.7 Å². The summed E-state index contributed by atoms with van der Waals surface area (Å²) in [5.41, 5.74) is 8.31. The second kappa shape index (κ2) is 10.4. The van der Waals surface area contributed by atoms with Gasteiger partial charge in [-0.1, -0.05) is 36.4 Å². The van der Waals surface area contributed by atoms with Crippen LogP contribution in [-0.4, -0.2) is 44.7 Å². The van der Waals surface area contributed by atoms with Gasteiger partial charge in [0.15, 0.2) is 17.5 Å². The molecule has 0 aromatic heterocycles. The van der Waals surface area contributed by atoms with Crippen LogP contribution < -0.4 is 20.5 Å². The fourth-order valence-corrected chi connectivity index (χ4v) is 2.65. The van der Waals surface area contributed by atoms with Crippen molar-refractivity contribution in [1.29, 1.82) is 0 Å². The molecule has 0 heterocycles. The molecule has 0 spiro atoms. The molecule has 0 saturated carbocycles. The second-order valence-corrected chi connectivity index (χ2v) is 6.52. The van der Waals surface area contributed by atoms with Crippen LogP contribution in [0.5, 0.6) is 11.5 Å². The van der Waals surface area contributed by atoms with Crippen LogP contribution in [0.2, 0.25) is 0 Å². The van der Waals surface area contributed by atoms with E-state index in [1.807, 2.05) is 24.3 Å². The summed E-state index contributed by atoms with van der Waals surface area (Å²) < 4.78 is 10.6. The summed E-state index contributed by atoms with van der Waals surface area (Å²) in [5.74, 6) is 1.82. The van der Waals surface area contributed by atoms with Crippen LogP contribution in [0.15, 0.2) is 53.5 Å². The number of nitrogens with zero attached hydrogens (tertiary/aromatic N) is 2. The molecule has 2 aromatic carbocycles. The molecular weight excluding hydrogens is 340 g/mol. The number of hydrogen-bond acceptors (Lipinski definition) is 4. The van der Waals surface area contributed by atoms with Crippen LogP contribution >= 0.6 is 0 Å². The maximum Gasteiger partial charge on any atom is 0.188 e. The van der Waals surface area contributed by atoms with Gasteiger partial charge in [-0.25, -0.2) is 4.99 Å². The van der Waals surface area contributed by atoms with Crippen molar-refractivity contribution in [2.75, 3.05) is 27.8 Å². The van der Waals surface area contributed by atoms with E-state index >= 15 is 0 Å². The van der Waals surface area contributed by atoms with E-state index in [9.17, 15) is 0 Å². The van der Waals surface area contributed by atoms with Crippen molar-refractivity contribution in [1.82, 2.24) is 10.2 Å². The zero-order valence-corrected chi connectivity index (χ0v) is 16.6. The van der Waals surface area contributed by atoms with Crippen molar-refractivity contribution < 1.29 is 9.47 Å². The number of rotatable bonds is 9. The molecule has 146 valence electrons. The van der Waals surface area contributed by atoms with Crippen LogP contribution in [0.25, 0.3) is 0 Å². The number of likely N-dealkylation sites (N-methyl/N-ethyl adjacent to an activating group) is 1. The highest BCUT2D eigenvalue weighted by Crippen LogP contribution is 2.27. The molecule has 27 heavy (non-hydrogen) atoms. The Bertz CT molecular complexity index is 734. The first-order valence-corrected chi connectivity index (χ1v) is 9.02. The summed E-state index contributed by atoms with van der Waals surface area (Å²) in [6.07, 6.45) is 0. The number of benzene rings is 2. The van der Waals surface area contributed by atoms with Gasteiger partial charge in [-0.2, -0.15) is 0 Å². The van der Waals surface area contributed by atoms with Crippen LogP contribution in [-0.2, 0) is 13.1 Å². The van der Waals surface area contributed by atoms with Gasteiger partial charge in [0.25, 0.3) is 0 Å². The van der Waals surface area contributed by atoms with E-state index in [2.05, 4.69) is 53.4 Å². The van der Waals surface area contributed by atoms with Crippen molar-refractivity contribution in [2.45, 2.75) is 26.1 Å². The number of ether oxygens (including phenoxy) is 2. The van der Waals surface area contributed by atoms with Crippen molar-refractivity contribution in [3.63, 3.8) is 0 Å².